The number of amides is 1. The number of halogens is 2. The van der Waals surface area contributed by atoms with Crippen molar-refractivity contribution in [2.24, 2.45) is 11.5 Å². The Morgan fingerprint density at radius 1 is 1.13 bits per heavy atom. The number of nitrogens with two attached hydrogens (primary N) is 2. The summed E-state index contributed by atoms with van der Waals surface area (Å²) in [6, 6.07) is 1.11. The third-order valence-corrected chi connectivity index (χ3v) is 9.44. The molecule has 1 aliphatic carbocycles. The lowest BCUT2D eigenvalue weighted by Crippen LogP contribution is -2.29. The zero-order chi connectivity index (χ0) is 38.0. The van der Waals surface area contributed by atoms with Crippen LogP contribution in [0.5, 0.6) is 0 Å². The van der Waals surface area contributed by atoms with Crippen LogP contribution in [0.1, 0.15) is 81.6 Å². The molecule has 8 N–H and O–H groups in total. The van der Waals surface area contributed by atoms with Crippen LogP contribution in [0, 0.1) is 11.8 Å². The molecular weight excluding hydrogens is 727 g/mol. The molecule has 21 heteroatoms. The number of unbranched alkanes of at least 4 members (excludes halogenated alkanes) is 1. The number of carbonyl (C=O) groups excluding carboxylic acids is 1. The van der Waals surface area contributed by atoms with Gasteiger partial charge in [-0.15, -0.1) is 11.3 Å². The highest BCUT2D eigenvalue weighted by atomic mass is 32.1. The average molecular weight is 770 g/mol. The molecule has 1 aliphatic rings. The van der Waals surface area contributed by atoms with Crippen LogP contribution in [0.15, 0.2) is 36.1 Å². The lowest BCUT2D eigenvalue weighted by molar-refractivity contribution is -0.138. The zero-order valence-corrected chi connectivity index (χ0v) is 30.2. The Balaban J connectivity index is 0.000000530. The summed E-state index contributed by atoms with van der Waals surface area (Å²) in [5.74, 6) is -3.22. The molecule has 52 heavy (non-hydrogen) atoms. The van der Waals surface area contributed by atoms with Gasteiger partial charge in [0.1, 0.15) is 28.1 Å². The van der Waals surface area contributed by atoms with Crippen molar-refractivity contribution in [3.63, 3.8) is 0 Å². The lowest BCUT2D eigenvalue weighted by Gasteiger charge is -2.28. The van der Waals surface area contributed by atoms with Crippen molar-refractivity contribution in [1.82, 2.24) is 29.5 Å². The summed E-state index contributed by atoms with van der Waals surface area (Å²) in [4.78, 5) is 49.5. The lowest BCUT2D eigenvalue weighted by atomic mass is 9.93. The maximum atomic E-state index is 14.7. The quantitative estimate of drug-likeness (QED) is 0.0554. The summed E-state index contributed by atoms with van der Waals surface area (Å²) < 4.78 is 53.1. The Morgan fingerprint density at radius 3 is 2.52 bits per heavy atom. The number of nitrogens with one attached hydrogen (secondary N) is 1. The van der Waals surface area contributed by atoms with Gasteiger partial charge in [0.2, 0.25) is 5.95 Å². The number of ether oxygens (including phenoxy) is 1. The average Bonchev–Trinajstić information content (AvgIpc) is 3.86. The number of thiazole rings is 1. The van der Waals surface area contributed by atoms with Crippen molar-refractivity contribution in [2.75, 3.05) is 18.5 Å². The minimum atomic E-state index is -4.73. The molecule has 0 bridgehead atoms. The van der Waals surface area contributed by atoms with E-state index >= 15 is 0 Å². The zero-order valence-electron chi connectivity index (χ0n) is 28.5. The molecule has 0 radical (unpaired) electrons. The summed E-state index contributed by atoms with van der Waals surface area (Å²) in [5, 5.41) is 21.5. The Kier molecular flexibility index (Phi) is 14.6. The molecule has 284 valence electrons. The first-order valence-electron chi connectivity index (χ1n) is 16.5. The first-order chi connectivity index (χ1) is 24.7. The summed E-state index contributed by atoms with van der Waals surface area (Å²) in [6.45, 7) is 4.60. The third kappa shape index (κ3) is 11.5. The topological polar surface area (TPSA) is 256 Å². The number of carboxylic acids is 1. The number of phosphoric acid groups is 1. The summed E-state index contributed by atoms with van der Waals surface area (Å²) in [5.41, 5.74) is 10.8. The van der Waals surface area contributed by atoms with E-state index in [1.807, 2.05) is 6.92 Å². The van der Waals surface area contributed by atoms with E-state index in [1.54, 1.807) is 10.9 Å². The second-order valence-electron chi connectivity index (χ2n) is 11.8. The predicted octanol–water partition coefficient (Wildman–Crippen LogP) is 4.47. The maximum Gasteiger partial charge on any atom is 0.471 e. The highest BCUT2D eigenvalue weighted by molar-refractivity contribution is 7.46. The van der Waals surface area contributed by atoms with E-state index < -0.39 is 43.7 Å². The summed E-state index contributed by atoms with van der Waals surface area (Å²) >= 11 is 1.14. The van der Waals surface area contributed by atoms with Crippen LogP contribution in [0.25, 0.3) is 22.0 Å². The third-order valence-electron chi connectivity index (χ3n) is 7.97. The number of anilines is 1. The fourth-order valence-electron chi connectivity index (χ4n) is 5.36. The van der Waals surface area contributed by atoms with Crippen LogP contribution in [0.4, 0.5) is 14.5 Å². The number of hydrogen-bond donors (Lipinski definition) is 6. The minimum absolute atomic E-state index is 0.0111. The van der Waals surface area contributed by atoms with Gasteiger partial charge in [-0.2, -0.15) is 14.6 Å². The smallest absolute Gasteiger partial charge is 0.471 e. The Labute approximate surface area is 301 Å². The maximum absolute atomic E-state index is 14.7. The molecule has 4 aromatic heterocycles. The molecule has 4 heterocycles. The highest BCUT2D eigenvalue weighted by Gasteiger charge is 2.27. The molecule has 0 aliphatic heterocycles. The van der Waals surface area contributed by atoms with Gasteiger partial charge in [-0.1, -0.05) is 6.42 Å². The Morgan fingerprint density at radius 2 is 1.87 bits per heavy atom. The van der Waals surface area contributed by atoms with Crippen molar-refractivity contribution in [3.05, 3.63) is 53.6 Å². The molecule has 0 saturated heterocycles. The van der Waals surface area contributed by atoms with E-state index in [0.717, 1.165) is 62.0 Å². The van der Waals surface area contributed by atoms with Crippen LogP contribution in [-0.4, -0.2) is 81.6 Å². The number of carbonyl (C=O) groups is 2. The molecule has 5 rings (SSSR count). The van der Waals surface area contributed by atoms with Gasteiger partial charge in [0.25, 0.3) is 5.91 Å². The van der Waals surface area contributed by atoms with Gasteiger partial charge in [-0.3, -0.25) is 18.8 Å². The van der Waals surface area contributed by atoms with Gasteiger partial charge in [0.05, 0.1) is 24.0 Å². The molecule has 1 amide bonds. The molecule has 0 spiro atoms. The van der Waals surface area contributed by atoms with Crippen LogP contribution < -0.4 is 16.8 Å². The number of nitrogens with zero attached hydrogens (tertiary/aromatic N) is 6. The normalized spacial score (nSPS) is 17.2. The predicted molar refractivity (Wildman–Crippen MR) is 186 cm³/mol. The second kappa shape index (κ2) is 18.7. The fourth-order valence-corrected chi connectivity index (χ4v) is 6.63. The number of aromatic nitrogens is 6. The van der Waals surface area contributed by atoms with Crippen molar-refractivity contribution >= 4 is 36.7 Å². The monoisotopic (exact) mass is 769 g/mol. The van der Waals surface area contributed by atoms with Crippen LogP contribution >= 0.6 is 19.2 Å². The van der Waals surface area contributed by atoms with E-state index in [9.17, 15) is 22.9 Å². The number of phosphoric ester groups is 1. The van der Waals surface area contributed by atoms with E-state index in [-0.39, 0.29) is 34.9 Å². The molecule has 1 saturated carbocycles. The molecule has 1 fully saturated rings. The highest BCUT2D eigenvalue weighted by Crippen LogP contribution is 2.40. The number of carboxylic acid groups (broad SMARTS) is 1. The molecule has 4 aromatic rings. The SMILES string of the molecule is CCOC1CCC(n2cc(NC(=O)c3csc(-c4cnn(C(C)OP(=O)(O)O)c4)n3)c(-c3nc(F)ccc3F)n2)CC1.NCCCC[C@H](N)C(=O)O. The van der Waals surface area contributed by atoms with Gasteiger partial charge in [0.15, 0.2) is 12.0 Å². The van der Waals surface area contributed by atoms with E-state index in [1.165, 1.54) is 29.4 Å². The summed E-state index contributed by atoms with van der Waals surface area (Å²) in [7, 11) is -4.73. The van der Waals surface area contributed by atoms with E-state index in [4.69, 9.17) is 31.1 Å². The van der Waals surface area contributed by atoms with Crippen LogP contribution in [0.3, 0.4) is 0 Å². The van der Waals surface area contributed by atoms with Crippen molar-refractivity contribution in [3.8, 4) is 22.0 Å². The largest absolute Gasteiger partial charge is 0.480 e. The van der Waals surface area contributed by atoms with Crippen molar-refractivity contribution < 1.29 is 47.1 Å². The minimum Gasteiger partial charge on any atom is -0.480 e. The molecule has 2 atom stereocenters. The molecule has 1 unspecified atom stereocenters. The fraction of sp³-hybridized carbons (Fsp3) is 0.484. The molecule has 0 aromatic carbocycles. The number of hydrogen-bond acceptors (Lipinski definition) is 12. The van der Waals surface area contributed by atoms with Gasteiger partial charge < -0.3 is 36.4 Å². The van der Waals surface area contributed by atoms with Crippen LogP contribution in [0.2, 0.25) is 0 Å². The number of rotatable bonds is 15. The number of pyridine rings is 1. The van der Waals surface area contributed by atoms with Crippen molar-refractivity contribution in [1.29, 1.82) is 0 Å². The van der Waals surface area contributed by atoms with Crippen LogP contribution in [-0.2, 0) is 18.6 Å². The number of aliphatic carboxylic acids is 1. The summed E-state index contributed by atoms with van der Waals surface area (Å²) in [6.07, 6.45) is 8.93. The first kappa shape index (κ1) is 40.8. The molecule has 17 nitrogen and oxygen atoms in total. The van der Waals surface area contributed by atoms with E-state index in [2.05, 4.69) is 30.0 Å². The van der Waals surface area contributed by atoms with Gasteiger partial charge in [-0.05, 0) is 71.0 Å². The Bertz CT molecular complexity index is 1840. The second-order valence-corrected chi connectivity index (χ2v) is 13.9. The first-order valence-corrected chi connectivity index (χ1v) is 18.9. The Hall–Kier alpha value is -4.01. The van der Waals surface area contributed by atoms with E-state index in [0.29, 0.717) is 30.1 Å². The van der Waals surface area contributed by atoms with Gasteiger partial charge >= 0.3 is 13.8 Å². The van der Waals surface area contributed by atoms with Gasteiger partial charge in [0, 0.05) is 29.9 Å². The van der Waals surface area contributed by atoms with Crippen molar-refractivity contribution in [2.45, 2.75) is 83.2 Å². The standard InChI is InChI=1S/C25H28F2N7O6PS.C6H14N2O2/c1-3-39-17-6-4-16(5-7-17)34-12-19(23(32-34)22-18(26)8-9-21(27)31-22)29-24(35)20-13-42-25(30-20)15-10-28-33(11-15)14(2)40-41(36,37)38;7-4-2-1-3-5(8)6(9)10/h8-14,16-17H,3-7H2,1-2H3,(H,29,35)(H2,36,37,38);5H,1-4,7-8H2,(H,9,10)/t;5-/m.0/s1. The van der Waals surface area contributed by atoms with Gasteiger partial charge in [-0.25, -0.2) is 23.6 Å². The molecular formula is C31H42F2N9O8PS.